The Labute approximate surface area is 148 Å². The van der Waals surface area contributed by atoms with E-state index in [0.29, 0.717) is 6.61 Å². The van der Waals surface area contributed by atoms with Crippen LogP contribution in [-0.2, 0) is 19.8 Å². The Kier molecular flexibility index (Phi) is 2.93. The van der Waals surface area contributed by atoms with Crippen LogP contribution in [0.4, 0.5) is 0 Å². The van der Waals surface area contributed by atoms with Gasteiger partial charge < -0.3 is 14.2 Å². The van der Waals surface area contributed by atoms with Crippen LogP contribution in [0, 0.1) is 0 Å². The fourth-order valence-corrected chi connectivity index (χ4v) is 4.50. The fourth-order valence-electron chi connectivity index (χ4n) is 4.50. The summed E-state index contributed by atoms with van der Waals surface area (Å²) in [6.45, 7) is 6.92. The Morgan fingerprint density at radius 1 is 0.920 bits per heavy atom. The Morgan fingerprint density at radius 2 is 1.56 bits per heavy atom. The lowest BCUT2D eigenvalue weighted by Gasteiger charge is -2.32. The van der Waals surface area contributed by atoms with Crippen LogP contribution in [0.25, 0.3) is 0 Å². The lowest BCUT2D eigenvalue weighted by molar-refractivity contribution is -0.271. The van der Waals surface area contributed by atoms with Gasteiger partial charge >= 0.3 is 0 Å². The molecule has 4 nitrogen and oxygen atoms in total. The third-order valence-corrected chi connectivity index (χ3v) is 5.76. The average molecular weight is 337 g/mol. The van der Waals surface area contributed by atoms with E-state index in [9.17, 15) is 0 Å². The molecule has 0 aliphatic carbocycles. The summed E-state index contributed by atoms with van der Waals surface area (Å²) in [7, 11) is 0. The molecule has 0 aromatic heterocycles. The highest BCUT2D eigenvalue weighted by molar-refractivity contribution is 5.44. The van der Waals surface area contributed by atoms with Crippen molar-refractivity contribution in [3.8, 4) is 0 Å². The van der Waals surface area contributed by atoms with E-state index in [0.717, 1.165) is 11.1 Å². The van der Waals surface area contributed by atoms with Crippen molar-refractivity contribution in [2.24, 2.45) is 0 Å². The highest BCUT2D eigenvalue weighted by Crippen LogP contribution is 2.74. The number of hydrogen-bond donors (Lipinski definition) is 1. The van der Waals surface area contributed by atoms with Crippen molar-refractivity contribution in [2.45, 2.75) is 49.5 Å². The van der Waals surface area contributed by atoms with Crippen LogP contribution >= 0.6 is 0 Å². The van der Waals surface area contributed by atoms with Gasteiger partial charge in [-0.3, -0.25) is 5.32 Å². The van der Waals surface area contributed by atoms with E-state index < -0.39 is 17.1 Å². The number of epoxide rings is 1. The maximum atomic E-state index is 6.60. The second-order valence-corrected chi connectivity index (χ2v) is 8.06. The van der Waals surface area contributed by atoms with Gasteiger partial charge in [0.1, 0.15) is 6.10 Å². The zero-order valence-electron chi connectivity index (χ0n) is 14.8. The Morgan fingerprint density at radius 3 is 2.16 bits per heavy atom. The van der Waals surface area contributed by atoms with Gasteiger partial charge in [-0.05, 0) is 31.9 Å². The summed E-state index contributed by atoms with van der Waals surface area (Å²) in [5, 5.41) is 3.56. The third-order valence-electron chi connectivity index (χ3n) is 5.76. The third kappa shape index (κ3) is 1.86. The molecule has 0 saturated carbocycles. The molecule has 130 valence electrons. The fraction of sp³-hybridized carbons (Fsp3) is 0.429. The van der Waals surface area contributed by atoms with Crippen molar-refractivity contribution < 1.29 is 14.2 Å². The molecule has 3 aliphatic rings. The molecule has 1 spiro atoms. The number of nitrogens with one attached hydrogen (secondary N) is 1. The number of benzene rings is 2. The summed E-state index contributed by atoms with van der Waals surface area (Å²) >= 11 is 0. The van der Waals surface area contributed by atoms with Gasteiger partial charge in [-0.25, -0.2) is 0 Å². The van der Waals surface area contributed by atoms with Crippen molar-refractivity contribution in [1.82, 2.24) is 5.32 Å². The molecule has 4 heteroatoms. The predicted molar refractivity (Wildman–Crippen MR) is 93.8 cm³/mol. The van der Waals surface area contributed by atoms with Crippen LogP contribution in [0.1, 0.15) is 38.0 Å². The van der Waals surface area contributed by atoms with Crippen molar-refractivity contribution in [3.05, 3.63) is 71.8 Å². The Bertz CT molecular complexity index is 808. The molecule has 2 aromatic rings. The van der Waals surface area contributed by atoms with Gasteiger partial charge in [0, 0.05) is 5.54 Å². The first-order valence-electron chi connectivity index (χ1n) is 8.84. The van der Waals surface area contributed by atoms with Crippen molar-refractivity contribution >= 4 is 0 Å². The van der Waals surface area contributed by atoms with Crippen LogP contribution in [0.3, 0.4) is 0 Å². The standard InChI is InChI=1S/C21H23NO3/c1-18(2)14-23-21(22-18)19(3)20(25-19,16-12-8-5-9-13-16)17(24-21)15-10-6-4-7-11-15/h4-13,17,22H,14H2,1-3H3. The first-order valence-corrected chi connectivity index (χ1v) is 8.84. The summed E-state index contributed by atoms with van der Waals surface area (Å²) < 4.78 is 19.3. The monoisotopic (exact) mass is 337 g/mol. The maximum absolute atomic E-state index is 6.60. The van der Waals surface area contributed by atoms with E-state index in [-0.39, 0.29) is 11.6 Å². The molecular weight excluding hydrogens is 314 g/mol. The largest absolute Gasteiger partial charge is 0.347 e. The van der Waals surface area contributed by atoms with Crippen molar-refractivity contribution in [3.63, 3.8) is 0 Å². The smallest absolute Gasteiger partial charge is 0.262 e. The number of ether oxygens (including phenoxy) is 3. The minimum atomic E-state index is -0.938. The van der Waals surface area contributed by atoms with Gasteiger partial charge in [0.2, 0.25) is 0 Å². The van der Waals surface area contributed by atoms with Gasteiger partial charge in [-0.15, -0.1) is 0 Å². The first-order chi connectivity index (χ1) is 11.9. The number of fused-ring (bicyclic) bond motifs is 2. The Balaban J connectivity index is 1.66. The average Bonchev–Trinajstić information content (AvgIpc) is 3.07. The van der Waals surface area contributed by atoms with Crippen molar-refractivity contribution in [2.75, 3.05) is 6.61 Å². The summed E-state index contributed by atoms with van der Waals surface area (Å²) in [5.41, 5.74) is 0.919. The van der Waals surface area contributed by atoms with Crippen molar-refractivity contribution in [1.29, 1.82) is 0 Å². The molecule has 0 bridgehead atoms. The quantitative estimate of drug-likeness (QED) is 0.852. The molecule has 0 radical (unpaired) electrons. The predicted octanol–water partition coefficient (Wildman–Crippen LogP) is 3.49. The van der Waals surface area contributed by atoms with E-state index >= 15 is 0 Å². The van der Waals surface area contributed by atoms with Crippen LogP contribution in [0.2, 0.25) is 0 Å². The van der Waals surface area contributed by atoms with E-state index in [4.69, 9.17) is 14.2 Å². The highest BCUT2D eigenvalue weighted by atomic mass is 16.8. The lowest BCUT2D eigenvalue weighted by atomic mass is 9.81. The summed E-state index contributed by atoms with van der Waals surface area (Å²) in [5.74, 6) is -0.938. The van der Waals surface area contributed by atoms with Gasteiger partial charge in [0.25, 0.3) is 5.91 Å². The molecular formula is C21H23NO3. The SMILES string of the molecule is CC1(C)COC2(N1)OC(c1ccccc1)C1(c3ccccc3)OC21C. The zero-order valence-corrected chi connectivity index (χ0v) is 14.8. The van der Waals surface area contributed by atoms with Crippen LogP contribution in [0.5, 0.6) is 0 Å². The summed E-state index contributed by atoms with van der Waals surface area (Å²) in [6.07, 6.45) is -0.234. The number of rotatable bonds is 2. The van der Waals surface area contributed by atoms with Gasteiger partial charge in [0.05, 0.1) is 6.61 Å². The maximum Gasteiger partial charge on any atom is 0.262 e. The molecule has 4 unspecified atom stereocenters. The Hall–Kier alpha value is -1.72. The molecule has 3 saturated heterocycles. The lowest BCUT2D eigenvalue weighted by Crippen LogP contribution is -2.56. The highest BCUT2D eigenvalue weighted by Gasteiger charge is 2.89. The number of hydrogen-bond acceptors (Lipinski definition) is 4. The molecule has 3 fully saturated rings. The second kappa shape index (κ2) is 4.71. The van der Waals surface area contributed by atoms with Gasteiger partial charge in [-0.2, -0.15) is 0 Å². The van der Waals surface area contributed by atoms with E-state index in [1.807, 2.05) is 36.4 Å². The van der Waals surface area contributed by atoms with Gasteiger partial charge in [-0.1, -0.05) is 60.7 Å². The topological polar surface area (TPSA) is 43.0 Å². The molecule has 4 atom stereocenters. The second-order valence-electron chi connectivity index (χ2n) is 8.06. The zero-order chi connectivity index (χ0) is 17.3. The normalized spacial score (nSPS) is 41.0. The minimum Gasteiger partial charge on any atom is -0.347 e. The molecule has 0 amide bonds. The molecule has 3 aliphatic heterocycles. The molecule has 25 heavy (non-hydrogen) atoms. The molecule has 3 heterocycles. The molecule has 5 rings (SSSR count). The molecule has 2 aromatic carbocycles. The van der Waals surface area contributed by atoms with Crippen LogP contribution in [0.15, 0.2) is 60.7 Å². The van der Waals surface area contributed by atoms with Gasteiger partial charge in [0.15, 0.2) is 11.2 Å². The van der Waals surface area contributed by atoms with Crippen LogP contribution in [-0.4, -0.2) is 23.7 Å². The van der Waals surface area contributed by atoms with E-state index in [1.165, 1.54) is 0 Å². The minimum absolute atomic E-state index is 0.164. The van der Waals surface area contributed by atoms with Crippen LogP contribution < -0.4 is 5.32 Å². The molecule has 1 N–H and O–H groups in total. The first kappa shape index (κ1) is 15.5. The summed E-state index contributed by atoms with van der Waals surface area (Å²) in [4.78, 5) is 0. The van der Waals surface area contributed by atoms with E-state index in [1.54, 1.807) is 0 Å². The van der Waals surface area contributed by atoms with E-state index in [2.05, 4.69) is 50.4 Å². The summed E-state index contributed by atoms with van der Waals surface area (Å²) in [6, 6.07) is 20.6.